The lowest BCUT2D eigenvalue weighted by Gasteiger charge is -2.18. The molecule has 0 amide bonds. The van der Waals surface area contributed by atoms with Gasteiger partial charge in [-0.2, -0.15) is 0 Å². The fourth-order valence-electron chi connectivity index (χ4n) is 1.91. The van der Waals surface area contributed by atoms with Crippen molar-refractivity contribution >= 4 is 11.8 Å². The first-order valence-electron chi connectivity index (χ1n) is 5.83. The molecule has 0 fully saturated rings. The van der Waals surface area contributed by atoms with Crippen LogP contribution in [0.4, 0.5) is 0 Å². The third-order valence-electron chi connectivity index (χ3n) is 2.90. The summed E-state index contributed by atoms with van der Waals surface area (Å²) in [7, 11) is 0. The van der Waals surface area contributed by atoms with Crippen LogP contribution in [0.1, 0.15) is 25.3 Å². The maximum Gasteiger partial charge on any atom is 0.0491 e. The Morgan fingerprint density at radius 1 is 1.33 bits per heavy atom. The molecule has 0 atom stereocenters. The molecule has 2 rings (SSSR count). The van der Waals surface area contributed by atoms with Gasteiger partial charge in [-0.05, 0) is 31.0 Å². The van der Waals surface area contributed by atoms with E-state index in [1.165, 1.54) is 42.8 Å². The van der Waals surface area contributed by atoms with Crippen LogP contribution in [0.25, 0.3) is 0 Å². The molecule has 1 aromatic rings. The molecule has 0 aliphatic carbocycles. The van der Waals surface area contributed by atoms with Crippen molar-refractivity contribution in [1.82, 2.24) is 4.90 Å². The SMILES string of the molecule is CCCCN1CCc2ccccc2SC1. The van der Waals surface area contributed by atoms with Crippen molar-refractivity contribution in [3.8, 4) is 0 Å². The van der Waals surface area contributed by atoms with Gasteiger partial charge in [0.2, 0.25) is 0 Å². The van der Waals surface area contributed by atoms with Crippen molar-refractivity contribution in [2.75, 3.05) is 19.0 Å². The number of fused-ring (bicyclic) bond motifs is 1. The van der Waals surface area contributed by atoms with E-state index in [0.717, 1.165) is 5.88 Å². The van der Waals surface area contributed by atoms with E-state index in [1.807, 2.05) is 11.8 Å². The maximum atomic E-state index is 2.58. The van der Waals surface area contributed by atoms with Gasteiger partial charge in [0, 0.05) is 17.3 Å². The number of nitrogens with zero attached hydrogens (tertiary/aromatic N) is 1. The van der Waals surface area contributed by atoms with Crippen molar-refractivity contribution in [3.63, 3.8) is 0 Å². The summed E-state index contributed by atoms with van der Waals surface area (Å²) >= 11 is 1.99. The molecule has 1 nitrogen and oxygen atoms in total. The van der Waals surface area contributed by atoms with E-state index in [9.17, 15) is 0 Å². The number of unbranched alkanes of at least 4 members (excludes halogenated alkanes) is 1. The Bertz CT molecular complexity index is 284. The predicted molar refractivity (Wildman–Crippen MR) is 67.4 cm³/mol. The molecule has 1 heterocycles. The monoisotopic (exact) mass is 221 g/mol. The van der Waals surface area contributed by atoms with E-state index in [1.54, 1.807) is 0 Å². The summed E-state index contributed by atoms with van der Waals surface area (Å²) in [5.74, 6) is 1.16. The lowest BCUT2D eigenvalue weighted by molar-refractivity contribution is 0.321. The second-order valence-corrected chi connectivity index (χ2v) is 5.09. The standard InChI is InChI=1S/C13H19NS/c1-2-3-9-14-10-8-12-6-4-5-7-13(12)15-11-14/h4-7H,2-3,8-11H2,1H3. The summed E-state index contributed by atoms with van der Waals surface area (Å²) in [5, 5.41) is 0. The molecular weight excluding hydrogens is 202 g/mol. The highest BCUT2D eigenvalue weighted by molar-refractivity contribution is 7.99. The molecular formula is C13H19NS. The molecule has 0 saturated carbocycles. The van der Waals surface area contributed by atoms with Crippen molar-refractivity contribution in [1.29, 1.82) is 0 Å². The highest BCUT2D eigenvalue weighted by Gasteiger charge is 2.12. The van der Waals surface area contributed by atoms with Gasteiger partial charge in [-0.3, -0.25) is 4.90 Å². The highest BCUT2D eigenvalue weighted by Crippen LogP contribution is 2.27. The number of benzene rings is 1. The molecule has 0 unspecified atom stereocenters. The van der Waals surface area contributed by atoms with Crippen LogP contribution in [0.15, 0.2) is 29.2 Å². The molecule has 0 spiro atoms. The summed E-state index contributed by atoms with van der Waals surface area (Å²) in [4.78, 5) is 4.06. The molecule has 0 N–H and O–H groups in total. The second kappa shape index (κ2) is 5.57. The summed E-state index contributed by atoms with van der Waals surface area (Å²) in [6.07, 6.45) is 3.85. The Labute approximate surface area is 96.9 Å². The van der Waals surface area contributed by atoms with E-state index in [2.05, 4.69) is 36.1 Å². The molecule has 1 aliphatic heterocycles. The lowest BCUT2D eigenvalue weighted by Crippen LogP contribution is -2.25. The van der Waals surface area contributed by atoms with Gasteiger partial charge in [0.25, 0.3) is 0 Å². The van der Waals surface area contributed by atoms with Gasteiger partial charge in [0.05, 0.1) is 0 Å². The van der Waals surface area contributed by atoms with Crippen molar-refractivity contribution in [3.05, 3.63) is 29.8 Å². The van der Waals surface area contributed by atoms with Crippen LogP contribution >= 0.6 is 11.8 Å². The normalized spacial score (nSPS) is 17.1. The van der Waals surface area contributed by atoms with Gasteiger partial charge in [-0.25, -0.2) is 0 Å². The predicted octanol–water partition coefficient (Wildman–Crippen LogP) is 3.39. The van der Waals surface area contributed by atoms with Crippen LogP contribution in [0, 0.1) is 0 Å². The number of hydrogen-bond acceptors (Lipinski definition) is 2. The Balaban J connectivity index is 1.96. The van der Waals surface area contributed by atoms with Crippen LogP contribution in [-0.2, 0) is 6.42 Å². The zero-order chi connectivity index (χ0) is 10.5. The van der Waals surface area contributed by atoms with Crippen LogP contribution in [0.2, 0.25) is 0 Å². The molecule has 0 radical (unpaired) electrons. The quantitative estimate of drug-likeness (QED) is 0.769. The second-order valence-electron chi connectivity index (χ2n) is 4.10. The molecule has 15 heavy (non-hydrogen) atoms. The Morgan fingerprint density at radius 2 is 2.20 bits per heavy atom. The smallest absolute Gasteiger partial charge is 0.0491 e. The van der Waals surface area contributed by atoms with Crippen molar-refractivity contribution < 1.29 is 0 Å². The minimum Gasteiger partial charge on any atom is -0.293 e. The summed E-state index contributed by atoms with van der Waals surface area (Å²) in [6, 6.07) is 8.82. The number of thioether (sulfide) groups is 1. The average Bonchev–Trinajstić information content (AvgIpc) is 2.49. The van der Waals surface area contributed by atoms with Gasteiger partial charge >= 0.3 is 0 Å². The van der Waals surface area contributed by atoms with E-state index in [-0.39, 0.29) is 0 Å². The number of hydrogen-bond donors (Lipinski definition) is 0. The van der Waals surface area contributed by atoms with Crippen LogP contribution in [0.5, 0.6) is 0 Å². The van der Waals surface area contributed by atoms with E-state index >= 15 is 0 Å². The summed E-state index contributed by atoms with van der Waals surface area (Å²) in [5.41, 5.74) is 1.53. The maximum absolute atomic E-state index is 2.58. The van der Waals surface area contributed by atoms with Gasteiger partial charge in [-0.15, -0.1) is 11.8 Å². The molecule has 0 saturated heterocycles. The first-order chi connectivity index (χ1) is 7.40. The molecule has 2 heteroatoms. The summed E-state index contributed by atoms with van der Waals surface area (Å²) < 4.78 is 0. The largest absolute Gasteiger partial charge is 0.293 e. The van der Waals surface area contributed by atoms with Gasteiger partial charge < -0.3 is 0 Å². The fourth-order valence-corrected chi connectivity index (χ4v) is 3.02. The first kappa shape index (κ1) is 11.0. The molecule has 1 aliphatic rings. The minimum atomic E-state index is 1.16. The van der Waals surface area contributed by atoms with E-state index in [0.29, 0.717) is 0 Å². The van der Waals surface area contributed by atoms with Gasteiger partial charge in [0.15, 0.2) is 0 Å². The van der Waals surface area contributed by atoms with Gasteiger partial charge in [-0.1, -0.05) is 31.5 Å². The Hall–Kier alpha value is -0.470. The van der Waals surface area contributed by atoms with E-state index < -0.39 is 0 Å². The summed E-state index contributed by atoms with van der Waals surface area (Å²) in [6.45, 7) is 4.75. The van der Waals surface area contributed by atoms with Crippen LogP contribution in [0.3, 0.4) is 0 Å². The molecule has 82 valence electrons. The Morgan fingerprint density at radius 3 is 3.07 bits per heavy atom. The third kappa shape index (κ3) is 2.99. The fraction of sp³-hybridized carbons (Fsp3) is 0.538. The van der Waals surface area contributed by atoms with Crippen molar-refractivity contribution in [2.45, 2.75) is 31.1 Å². The van der Waals surface area contributed by atoms with Crippen LogP contribution in [-0.4, -0.2) is 23.9 Å². The van der Waals surface area contributed by atoms with E-state index in [4.69, 9.17) is 0 Å². The third-order valence-corrected chi connectivity index (χ3v) is 4.10. The lowest BCUT2D eigenvalue weighted by atomic mass is 10.1. The highest BCUT2D eigenvalue weighted by atomic mass is 32.2. The topological polar surface area (TPSA) is 3.24 Å². The molecule has 0 bridgehead atoms. The van der Waals surface area contributed by atoms with Crippen molar-refractivity contribution in [2.24, 2.45) is 0 Å². The number of rotatable bonds is 3. The zero-order valence-corrected chi connectivity index (χ0v) is 10.2. The van der Waals surface area contributed by atoms with Gasteiger partial charge in [0.1, 0.15) is 0 Å². The molecule has 1 aromatic carbocycles. The first-order valence-corrected chi connectivity index (χ1v) is 6.82. The molecule has 0 aromatic heterocycles. The minimum absolute atomic E-state index is 1.16. The zero-order valence-electron chi connectivity index (χ0n) is 9.41. The average molecular weight is 221 g/mol. The Kier molecular flexibility index (Phi) is 4.09. The van der Waals surface area contributed by atoms with Crippen LogP contribution < -0.4 is 0 Å².